The quantitative estimate of drug-likeness (QED) is 0.622. The van der Waals surface area contributed by atoms with E-state index in [-0.39, 0.29) is 0 Å². The number of likely N-dealkylation sites (N-methyl/N-ethyl adjacent to an activating group) is 1. The SMILES string of the molecule is COc1cc(CN2CCCC(N(C)CCCN(C)C)C2)cc(OC)c1OC. The molecule has 1 aliphatic heterocycles. The Hall–Kier alpha value is -1.50. The highest BCUT2D eigenvalue weighted by Crippen LogP contribution is 2.38. The van der Waals surface area contributed by atoms with Gasteiger partial charge < -0.3 is 24.0 Å². The van der Waals surface area contributed by atoms with Crippen LogP contribution in [0.3, 0.4) is 0 Å². The van der Waals surface area contributed by atoms with Crippen molar-refractivity contribution in [1.82, 2.24) is 14.7 Å². The summed E-state index contributed by atoms with van der Waals surface area (Å²) >= 11 is 0. The van der Waals surface area contributed by atoms with E-state index < -0.39 is 0 Å². The molecule has 1 unspecified atom stereocenters. The van der Waals surface area contributed by atoms with Crippen LogP contribution in [-0.2, 0) is 6.54 Å². The van der Waals surface area contributed by atoms with E-state index in [2.05, 4.69) is 48.0 Å². The summed E-state index contributed by atoms with van der Waals surface area (Å²) in [5.41, 5.74) is 1.19. The normalized spacial score (nSPS) is 18.1. The van der Waals surface area contributed by atoms with Crippen molar-refractivity contribution in [2.45, 2.75) is 31.8 Å². The maximum absolute atomic E-state index is 5.50. The monoisotopic (exact) mass is 379 g/mol. The molecule has 0 radical (unpaired) electrons. The number of hydrogen-bond acceptors (Lipinski definition) is 6. The van der Waals surface area contributed by atoms with Gasteiger partial charge in [0.2, 0.25) is 5.75 Å². The number of piperidine rings is 1. The average Bonchev–Trinajstić information content (AvgIpc) is 2.66. The molecule has 0 bridgehead atoms. The van der Waals surface area contributed by atoms with Crippen molar-refractivity contribution >= 4 is 0 Å². The van der Waals surface area contributed by atoms with Crippen LogP contribution in [0.2, 0.25) is 0 Å². The minimum Gasteiger partial charge on any atom is -0.493 e. The Labute approximate surface area is 165 Å². The predicted molar refractivity (Wildman–Crippen MR) is 110 cm³/mol. The molecule has 0 amide bonds. The fourth-order valence-electron chi connectivity index (χ4n) is 3.84. The number of methoxy groups -OCH3 is 3. The van der Waals surface area contributed by atoms with Crippen molar-refractivity contribution in [3.63, 3.8) is 0 Å². The molecule has 0 aliphatic carbocycles. The van der Waals surface area contributed by atoms with E-state index in [4.69, 9.17) is 14.2 Å². The molecule has 154 valence electrons. The van der Waals surface area contributed by atoms with Gasteiger partial charge in [-0.1, -0.05) is 0 Å². The molecule has 6 nitrogen and oxygen atoms in total. The third-order valence-corrected chi connectivity index (χ3v) is 5.35. The van der Waals surface area contributed by atoms with Crippen LogP contribution in [0.15, 0.2) is 12.1 Å². The van der Waals surface area contributed by atoms with Gasteiger partial charge in [0.1, 0.15) is 0 Å². The number of hydrogen-bond donors (Lipinski definition) is 0. The Morgan fingerprint density at radius 1 is 1.00 bits per heavy atom. The molecule has 2 rings (SSSR count). The van der Waals surface area contributed by atoms with Gasteiger partial charge in [-0.3, -0.25) is 4.90 Å². The van der Waals surface area contributed by atoms with E-state index in [1.54, 1.807) is 21.3 Å². The van der Waals surface area contributed by atoms with Crippen molar-refractivity contribution in [3.05, 3.63) is 17.7 Å². The van der Waals surface area contributed by atoms with Crippen LogP contribution in [-0.4, -0.2) is 89.4 Å². The lowest BCUT2D eigenvalue weighted by molar-refractivity contribution is 0.109. The first-order valence-corrected chi connectivity index (χ1v) is 9.84. The summed E-state index contributed by atoms with van der Waals surface area (Å²) in [6.45, 7) is 5.44. The van der Waals surface area contributed by atoms with Gasteiger partial charge in [0.15, 0.2) is 11.5 Å². The highest BCUT2D eigenvalue weighted by Gasteiger charge is 2.24. The van der Waals surface area contributed by atoms with Crippen molar-refractivity contribution < 1.29 is 14.2 Å². The Bertz CT molecular complexity index is 555. The topological polar surface area (TPSA) is 37.4 Å². The molecular formula is C21H37N3O3. The zero-order valence-electron chi connectivity index (χ0n) is 18.0. The maximum Gasteiger partial charge on any atom is 0.203 e. The van der Waals surface area contributed by atoms with Crippen LogP contribution < -0.4 is 14.2 Å². The smallest absolute Gasteiger partial charge is 0.203 e. The summed E-state index contributed by atoms with van der Waals surface area (Å²) < 4.78 is 16.4. The molecule has 1 heterocycles. The lowest BCUT2D eigenvalue weighted by atomic mass is 10.0. The van der Waals surface area contributed by atoms with Gasteiger partial charge in [0.25, 0.3) is 0 Å². The third kappa shape index (κ3) is 6.26. The molecular weight excluding hydrogens is 342 g/mol. The van der Waals surface area contributed by atoms with Gasteiger partial charge in [-0.05, 0) is 77.7 Å². The third-order valence-electron chi connectivity index (χ3n) is 5.35. The second-order valence-corrected chi connectivity index (χ2v) is 7.70. The zero-order valence-corrected chi connectivity index (χ0v) is 18.0. The molecule has 0 spiro atoms. The van der Waals surface area contributed by atoms with Crippen LogP contribution in [0.4, 0.5) is 0 Å². The van der Waals surface area contributed by atoms with Gasteiger partial charge in [0.05, 0.1) is 21.3 Å². The molecule has 6 heteroatoms. The summed E-state index contributed by atoms with van der Waals surface area (Å²) in [7, 11) is 11.5. The maximum atomic E-state index is 5.50. The first kappa shape index (κ1) is 21.8. The van der Waals surface area contributed by atoms with Crippen molar-refractivity contribution in [2.24, 2.45) is 0 Å². The second-order valence-electron chi connectivity index (χ2n) is 7.70. The molecule has 0 saturated carbocycles. The average molecular weight is 380 g/mol. The number of rotatable bonds is 10. The Balaban J connectivity index is 1.98. The molecule has 0 N–H and O–H groups in total. The van der Waals surface area contributed by atoms with Crippen LogP contribution in [0, 0.1) is 0 Å². The molecule has 27 heavy (non-hydrogen) atoms. The summed E-state index contributed by atoms with van der Waals surface area (Å²) in [4.78, 5) is 7.33. The Morgan fingerprint density at radius 3 is 2.22 bits per heavy atom. The largest absolute Gasteiger partial charge is 0.493 e. The molecule has 1 fully saturated rings. The van der Waals surface area contributed by atoms with Gasteiger partial charge in [0, 0.05) is 19.1 Å². The van der Waals surface area contributed by atoms with E-state index >= 15 is 0 Å². The van der Waals surface area contributed by atoms with Crippen molar-refractivity contribution in [3.8, 4) is 17.2 Å². The molecule has 0 aromatic heterocycles. The van der Waals surface area contributed by atoms with Gasteiger partial charge >= 0.3 is 0 Å². The molecule has 1 aromatic carbocycles. The number of ether oxygens (including phenoxy) is 3. The number of likely N-dealkylation sites (tertiary alicyclic amines) is 1. The van der Waals surface area contributed by atoms with Crippen LogP contribution in [0.25, 0.3) is 0 Å². The van der Waals surface area contributed by atoms with Gasteiger partial charge in [-0.2, -0.15) is 0 Å². The van der Waals surface area contributed by atoms with E-state index in [1.807, 2.05) is 0 Å². The first-order chi connectivity index (χ1) is 13.0. The van der Waals surface area contributed by atoms with Crippen LogP contribution >= 0.6 is 0 Å². The summed E-state index contributed by atoms with van der Waals surface area (Å²) in [6.07, 6.45) is 3.74. The van der Waals surface area contributed by atoms with Gasteiger partial charge in [-0.15, -0.1) is 0 Å². The summed E-state index contributed by atoms with van der Waals surface area (Å²) in [6, 6.07) is 4.75. The van der Waals surface area contributed by atoms with Crippen molar-refractivity contribution in [2.75, 3.05) is 68.7 Å². The predicted octanol–water partition coefficient (Wildman–Crippen LogP) is 2.56. The zero-order chi connectivity index (χ0) is 19.8. The van der Waals surface area contributed by atoms with Crippen LogP contribution in [0.5, 0.6) is 17.2 Å². The Kier molecular flexibility index (Phi) is 8.67. The van der Waals surface area contributed by atoms with E-state index in [0.717, 1.165) is 44.2 Å². The fourth-order valence-corrected chi connectivity index (χ4v) is 3.84. The fraction of sp³-hybridized carbons (Fsp3) is 0.714. The highest BCUT2D eigenvalue weighted by atomic mass is 16.5. The lowest BCUT2D eigenvalue weighted by Gasteiger charge is -2.38. The summed E-state index contributed by atoms with van der Waals surface area (Å²) in [5.74, 6) is 2.10. The Morgan fingerprint density at radius 2 is 1.67 bits per heavy atom. The molecule has 1 aliphatic rings. The second kappa shape index (κ2) is 10.7. The minimum absolute atomic E-state index is 0.628. The van der Waals surface area contributed by atoms with E-state index in [0.29, 0.717) is 11.8 Å². The summed E-state index contributed by atoms with van der Waals surface area (Å²) in [5, 5.41) is 0. The highest BCUT2D eigenvalue weighted by molar-refractivity contribution is 5.53. The number of benzene rings is 1. The molecule has 1 saturated heterocycles. The first-order valence-electron chi connectivity index (χ1n) is 9.84. The van der Waals surface area contributed by atoms with Crippen LogP contribution in [0.1, 0.15) is 24.8 Å². The molecule has 1 atom stereocenters. The van der Waals surface area contributed by atoms with Gasteiger partial charge in [-0.25, -0.2) is 0 Å². The number of nitrogens with zero attached hydrogens (tertiary/aromatic N) is 3. The van der Waals surface area contributed by atoms with E-state index in [1.165, 1.54) is 24.8 Å². The lowest BCUT2D eigenvalue weighted by Crippen LogP contribution is -2.46. The standard InChI is InChI=1S/C21H37N3O3/c1-22(2)10-8-11-23(3)18-9-7-12-24(16-18)15-17-13-19(25-4)21(27-6)20(14-17)26-5/h13-14,18H,7-12,15-16H2,1-6H3. The minimum atomic E-state index is 0.628. The van der Waals surface area contributed by atoms with Crippen molar-refractivity contribution in [1.29, 1.82) is 0 Å². The molecule has 1 aromatic rings. The van der Waals surface area contributed by atoms with E-state index in [9.17, 15) is 0 Å².